The van der Waals surface area contributed by atoms with Crippen LogP contribution < -0.4 is 49.4 Å². The van der Waals surface area contributed by atoms with Gasteiger partial charge in [0.05, 0.1) is 0 Å². The van der Waals surface area contributed by atoms with Crippen molar-refractivity contribution in [1.29, 1.82) is 0 Å². The molecule has 0 saturated carbocycles. The van der Waals surface area contributed by atoms with Crippen molar-refractivity contribution in [2.45, 2.75) is 50.9 Å². The van der Waals surface area contributed by atoms with Gasteiger partial charge in [0.2, 0.25) is 23.6 Å². The molecule has 0 spiro atoms. The molecule has 1 aromatic heterocycles. The van der Waals surface area contributed by atoms with Crippen molar-refractivity contribution in [3.8, 4) is 24.7 Å². The number of ether oxygens (including phenoxy) is 2. The number of fused-ring (bicyclic) bond motifs is 2. The molecule has 2 saturated heterocycles. The van der Waals surface area contributed by atoms with Gasteiger partial charge in [-0.05, 0) is 78.0 Å². The summed E-state index contributed by atoms with van der Waals surface area (Å²) < 4.78 is 11.3. The van der Waals surface area contributed by atoms with Gasteiger partial charge in [0.25, 0.3) is 22.9 Å². The number of carbonyl (C=O) groups excluding carboxylic acids is 7. The molecule has 2 atom stereocenters. The van der Waals surface area contributed by atoms with E-state index in [1.165, 1.54) is 9.80 Å². The first-order chi connectivity index (χ1) is 30.1. The normalized spacial score (nSPS) is 16.8. The van der Waals surface area contributed by atoms with Crippen LogP contribution in [-0.4, -0.2) is 115 Å². The maximum absolute atomic E-state index is 12.7. The highest BCUT2D eigenvalue weighted by atomic mass is 127. The van der Waals surface area contributed by atoms with Crippen LogP contribution in [0.3, 0.4) is 0 Å². The number of imide groups is 2. The van der Waals surface area contributed by atoms with Gasteiger partial charge in [-0.3, -0.25) is 44.2 Å². The predicted molar refractivity (Wildman–Crippen MR) is 227 cm³/mol. The standard InChI is InChI=1S/C19H19N3O5.C14H15N3O3.C6H7ClN.C5H6O3.HI/c1-3-8-27-11-17(24)21(2)13-4-5-14-12(9-13)10-22(19(14)26)15-6-7-16(23)20-18(15)25;1-15-9-2-3-10-8(6-9)7-17(14(10)20)11-4-5-12(18)16-13(11)19;1-8-5-3-2-4-6(8)7;1-2-3-8-4-5(6)7;/h1,4-5,9,15H,6-8,10-11H2,2H3,(H,20,23,25);2-3,6,11,15H,4-5,7H2,1H3,(H,16,18,19);2-5H,1H3;1H,3-4H2,(H,6,7);1H/q;;+1;;/p-1. The number of aliphatic carboxylic acids is 1. The van der Waals surface area contributed by atoms with Crippen molar-refractivity contribution in [2.24, 2.45) is 7.05 Å². The Labute approximate surface area is 392 Å². The van der Waals surface area contributed by atoms with Crippen LogP contribution in [-0.2, 0) is 58.4 Å². The van der Waals surface area contributed by atoms with Crippen molar-refractivity contribution in [2.75, 3.05) is 50.7 Å². The summed E-state index contributed by atoms with van der Waals surface area (Å²) in [5, 5.41) is 16.3. The van der Waals surface area contributed by atoms with Crippen LogP contribution in [0.15, 0.2) is 60.8 Å². The third kappa shape index (κ3) is 14.1. The van der Waals surface area contributed by atoms with Crippen LogP contribution in [0.25, 0.3) is 0 Å². The molecule has 0 radical (unpaired) electrons. The number of hydrogen-bond acceptors (Lipinski definition) is 11. The summed E-state index contributed by atoms with van der Waals surface area (Å²) in [5.41, 5.74) is 4.31. The summed E-state index contributed by atoms with van der Waals surface area (Å²) in [6, 6.07) is 15.1. The Morgan fingerprint density at radius 3 is 1.81 bits per heavy atom. The molecule has 0 aliphatic carbocycles. The molecule has 20 heteroatoms. The molecule has 7 rings (SSSR count). The summed E-state index contributed by atoms with van der Waals surface area (Å²) in [4.78, 5) is 97.7. The topological polar surface area (TPSA) is 225 Å². The molecule has 7 amide bonds. The first-order valence-corrected chi connectivity index (χ1v) is 19.8. The number of carboxylic acids is 1. The van der Waals surface area contributed by atoms with Crippen molar-refractivity contribution < 1.29 is 81.5 Å². The summed E-state index contributed by atoms with van der Waals surface area (Å²) in [5.74, 6) is 1.34. The van der Waals surface area contributed by atoms with Crippen molar-refractivity contribution in [1.82, 2.24) is 20.4 Å². The number of nitrogens with zero attached hydrogens (tertiary/aromatic N) is 4. The molecule has 2 unspecified atom stereocenters. The molecule has 0 bridgehead atoms. The third-order valence-corrected chi connectivity index (χ3v) is 10.3. The average molecular weight is 1010 g/mol. The fourth-order valence-corrected chi connectivity index (χ4v) is 6.77. The number of likely N-dealkylation sites (N-methyl/N-ethyl adjacent to an activating group) is 1. The molecule has 2 aromatic carbocycles. The van der Waals surface area contributed by atoms with Crippen LogP contribution in [0, 0.1) is 24.7 Å². The number of pyridine rings is 1. The van der Waals surface area contributed by atoms with Gasteiger partial charge >= 0.3 is 5.97 Å². The Morgan fingerprint density at radius 1 is 0.844 bits per heavy atom. The molecule has 338 valence electrons. The molecule has 4 N–H and O–H groups in total. The number of aryl methyl sites for hydroxylation is 1. The van der Waals surface area contributed by atoms with E-state index in [0.29, 0.717) is 36.2 Å². The monoisotopic (exact) mass is 1010 g/mol. The van der Waals surface area contributed by atoms with E-state index in [-0.39, 0.29) is 105 Å². The highest BCUT2D eigenvalue weighted by Crippen LogP contribution is 2.31. The third-order valence-electron chi connectivity index (χ3n) is 9.89. The molecule has 4 aliphatic rings. The number of rotatable bonds is 10. The summed E-state index contributed by atoms with van der Waals surface area (Å²) in [7, 11) is 5.33. The molecular formula is C44H47ClIN7O11. The highest BCUT2D eigenvalue weighted by molar-refractivity contribution is 6.28. The maximum Gasteiger partial charge on any atom is 0.329 e. The predicted octanol–water partition coefficient (Wildman–Crippen LogP) is -1.56. The number of aromatic nitrogens is 1. The van der Waals surface area contributed by atoms with Gasteiger partial charge in [0, 0.05) is 74.7 Å². The van der Waals surface area contributed by atoms with Gasteiger partial charge in [-0.1, -0.05) is 11.8 Å². The highest BCUT2D eigenvalue weighted by Gasteiger charge is 2.40. The summed E-state index contributed by atoms with van der Waals surface area (Å²) in [6.07, 6.45) is 12.9. The Kier molecular flexibility index (Phi) is 20.3. The number of halogens is 2. The number of carboxylic acid groups (broad SMARTS) is 1. The zero-order valence-electron chi connectivity index (χ0n) is 35.2. The molecule has 5 heterocycles. The number of benzene rings is 2. The summed E-state index contributed by atoms with van der Waals surface area (Å²) in [6.45, 7) is 0.328. The second kappa shape index (κ2) is 25.0. The van der Waals surface area contributed by atoms with Crippen LogP contribution in [0.2, 0.25) is 5.15 Å². The van der Waals surface area contributed by atoms with E-state index in [0.717, 1.165) is 22.0 Å². The zero-order chi connectivity index (χ0) is 46.2. The average Bonchev–Trinajstić information content (AvgIpc) is 3.76. The van der Waals surface area contributed by atoms with E-state index < -0.39 is 24.0 Å². The lowest BCUT2D eigenvalue weighted by Gasteiger charge is -2.29. The number of terminal acetylenes is 2. The maximum atomic E-state index is 12.7. The fourth-order valence-electron chi connectivity index (χ4n) is 6.64. The number of anilines is 2. The number of nitrogens with one attached hydrogen (secondary N) is 3. The van der Waals surface area contributed by atoms with Crippen LogP contribution >= 0.6 is 11.6 Å². The first-order valence-electron chi connectivity index (χ1n) is 19.4. The first kappa shape index (κ1) is 52.0. The number of carbonyl (C=O) groups is 8. The Balaban J connectivity index is 0.000000256. The van der Waals surface area contributed by atoms with E-state index in [2.05, 4.69) is 32.5 Å². The van der Waals surface area contributed by atoms with E-state index in [1.54, 1.807) is 36.2 Å². The second-order valence-electron chi connectivity index (χ2n) is 14.1. The Hall–Kier alpha value is -6.39. The van der Waals surface area contributed by atoms with Gasteiger partial charge in [0.15, 0.2) is 6.20 Å². The Bertz CT molecular complexity index is 2330. The minimum absolute atomic E-state index is 0. The van der Waals surface area contributed by atoms with Gasteiger partial charge in [-0.25, -0.2) is 4.79 Å². The van der Waals surface area contributed by atoms with Crippen LogP contribution in [0.1, 0.15) is 57.5 Å². The molecule has 3 aromatic rings. The molecule has 64 heavy (non-hydrogen) atoms. The number of amides is 7. The molecule has 2 fully saturated rings. The lowest BCUT2D eigenvalue weighted by atomic mass is 10.0. The fraction of sp³-hybridized carbons (Fsp3) is 0.341. The Morgan fingerprint density at radius 2 is 1.36 bits per heavy atom. The van der Waals surface area contributed by atoms with Gasteiger partial charge in [-0.2, -0.15) is 4.57 Å². The smallest absolute Gasteiger partial charge is 0.329 e. The van der Waals surface area contributed by atoms with Gasteiger partial charge in [0.1, 0.15) is 45.6 Å². The molecule has 18 nitrogen and oxygen atoms in total. The van der Waals surface area contributed by atoms with E-state index >= 15 is 0 Å². The number of piperidine rings is 2. The zero-order valence-corrected chi connectivity index (χ0v) is 38.1. The summed E-state index contributed by atoms with van der Waals surface area (Å²) >= 11 is 5.67. The van der Waals surface area contributed by atoms with Crippen LogP contribution in [0.5, 0.6) is 0 Å². The van der Waals surface area contributed by atoms with E-state index in [4.69, 9.17) is 34.3 Å². The van der Waals surface area contributed by atoms with E-state index in [9.17, 15) is 38.4 Å². The lowest BCUT2D eigenvalue weighted by molar-refractivity contribution is -0.669. The van der Waals surface area contributed by atoms with Crippen LogP contribution in [0.4, 0.5) is 11.4 Å². The van der Waals surface area contributed by atoms with Gasteiger partial charge < -0.3 is 58.6 Å². The molecular weight excluding hydrogens is 965 g/mol. The second-order valence-corrected chi connectivity index (χ2v) is 14.5. The van der Waals surface area contributed by atoms with Gasteiger partial charge in [-0.15, -0.1) is 12.8 Å². The molecule has 4 aliphatic heterocycles. The largest absolute Gasteiger partial charge is 1.00 e. The minimum Gasteiger partial charge on any atom is -1.00 e. The minimum atomic E-state index is -1.000. The number of hydrogen-bond donors (Lipinski definition) is 4. The van der Waals surface area contributed by atoms with Crippen molar-refractivity contribution in [3.05, 3.63) is 88.2 Å². The lowest BCUT2D eigenvalue weighted by Crippen LogP contribution is -3.00. The van der Waals surface area contributed by atoms with Crippen molar-refractivity contribution >= 4 is 70.3 Å². The quantitative estimate of drug-likeness (QED) is 0.0452. The SMILES string of the molecule is C#CCOCC(=O)N(C)c1ccc2c(c1)CN(C1CCC(=O)NC1=O)C2=O.C#CCOCC(=O)O.CNc1ccc2c(c1)CN(C1CCC(=O)NC1=O)C2=O.C[n+]1ccccc1Cl.[I-]. The van der Waals surface area contributed by atoms with Crippen molar-refractivity contribution in [3.63, 3.8) is 0 Å². The van der Waals surface area contributed by atoms with E-state index in [1.807, 2.05) is 55.2 Å².